The quantitative estimate of drug-likeness (QED) is 0.225. The van der Waals surface area contributed by atoms with Crippen molar-refractivity contribution in [2.24, 2.45) is 5.92 Å². The van der Waals surface area contributed by atoms with Gasteiger partial charge in [-0.15, -0.1) is 0 Å². The maximum atomic E-state index is 13.9. The molecule has 1 unspecified atom stereocenters. The zero-order chi connectivity index (χ0) is 28.7. The minimum atomic E-state index is -4.04. The third kappa shape index (κ3) is 7.57. The largest absolute Gasteiger partial charge is 0.445 e. The van der Waals surface area contributed by atoms with E-state index in [1.54, 1.807) is 12.1 Å². The normalized spacial score (nSPS) is 13.4. The van der Waals surface area contributed by atoms with Crippen molar-refractivity contribution in [3.8, 4) is 0 Å². The van der Waals surface area contributed by atoms with Crippen molar-refractivity contribution in [3.05, 3.63) is 90.0 Å². The fraction of sp³-hybridized carbons (Fsp3) is 0.310. The lowest BCUT2D eigenvalue weighted by molar-refractivity contribution is 0.0873. The monoisotopic (exact) mass is 582 g/mol. The summed E-state index contributed by atoms with van der Waals surface area (Å²) in [4.78, 5) is 17.1. The second-order valence-electron chi connectivity index (χ2n) is 9.94. The van der Waals surface area contributed by atoms with Gasteiger partial charge >= 0.3 is 6.09 Å². The van der Waals surface area contributed by atoms with Gasteiger partial charge in [-0.05, 0) is 35.6 Å². The van der Waals surface area contributed by atoms with Crippen molar-refractivity contribution in [2.75, 3.05) is 18.8 Å². The second-order valence-corrected chi connectivity index (χ2v) is 12.9. The van der Waals surface area contributed by atoms with Crippen LogP contribution in [0.4, 0.5) is 9.93 Å². The second kappa shape index (κ2) is 13.2. The van der Waals surface area contributed by atoms with Gasteiger partial charge in [-0.2, -0.15) is 4.31 Å². The number of sulfonamides is 1. The zero-order valence-electron chi connectivity index (χ0n) is 22.4. The van der Waals surface area contributed by atoms with Crippen molar-refractivity contribution in [2.45, 2.75) is 43.9 Å². The summed E-state index contributed by atoms with van der Waals surface area (Å²) in [6.07, 6.45) is -1.66. The summed E-state index contributed by atoms with van der Waals surface area (Å²) < 4.78 is 35.0. The first-order valence-corrected chi connectivity index (χ1v) is 15.2. The number of alkyl carbamates (subject to hydrolysis) is 1. The number of nitrogens with zero attached hydrogens (tertiary/aromatic N) is 2. The van der Waals surface area contributed by atoms with Crippen LogP contribution < -0.4 is 11.1 Å². The van der Waals surface area contributed by atoms with Crippen LogP contribution in [0.5, 0.6) is 0 Å². The van der Waals surface area contributed by atoms with E-state index >= 15 is 0 Å². The Morgan fingerprint density at radius 2 is 1.65 bits per heavy atom. The van der Waals surface area contributed by atoms with Gasteiger partial charge in [-0.3, -0.25) is 0 Å². The molecule has 4 aromatic rings. The first-order valence-electron chi connectivity index (χ1n) is 13.0. The Kier molecular flexibility index (Phi) is 9.75. The van der Waals surface area contributed by atoms with E-state index in [9.17, 15) is 18.3 Å². The molecule has 0 fully saturated rings. The van der Waals surface area contributed by atoms with Crippen molar-refractivity contribution in [1.29, 1.82) is 0 Å². The highest BCUT2D eigenvalue weighted by Crippen LogP contribution is 2.32. The number of thiazole rings is 1. The van der Waals surface area contributed by atoms with Crippen LogP contribution in [-0.2, 0) is 27.8 Å². The van der Waals surface area contributed by atoms with Crippen LogP contribution in [0.25, 0.3) is 10.2 Å². The van der Waals surface area contributed by atoms with Crippen molar-refractivity contribution >= 4 is 42.8 Å². The first-order chi connectivity index (χ1) is 19.1. The van der Waals surface area contributed by atoms with Crippen molar-refractivity contribution in [3.63, 3.8) is 0 Å². The minimum Gasteiger partial charge on any atom is -0.445 e. The number of anilines is 1. The topological polar surface area (TPSA) is 135 Å². The number of carbonyl (C=O) groups excluding carboxylic acids is 1. The molecular weight excluding hydrogens is 548 g/mol. The van der Waals surface area contributed by atoms with Crippen LogP contribution in [0.2, 0.25) is 0 Å². The molecule has 0 aliphatic heterocycles. The van der Waals surface area contributed by atoms with E-state index in [1.165, 1.54) is 10.4 Å². The smallest absolute Gasteiger partial charge is 0.407 e. The number of nitrogen functional groups attached to an aromatic ring is 1. The predicted octanol–water partition coefficient (Wildman–Crippen LogP) is 4.42. The lowest BCUT2D eigenvalue weighted by Gasteiger charge is -2.30. The Morgan fingerprint density at radius 1 is 1.00 bits per heavy atom. The molecule has 3 aromatic carbocycles. The summed E-state index contributed by atoms with van der Waals surface area (Å²) in [5, 5.41) is 14.4. The number of benzene rings is 3. The van der Waals surface area contributed by atoms with E-state index in [4.69, 9.17) is 10.5 Å². The molecule has 0 radical (unpaired) electrons. The molecule has 11 heteroatoms. The molecule has 4 N–H and O–H groups in total. The average Bonchev–Trinajstić information content (AvgIpc) is 3.32. The lowest BCUT2D eigenvalue weighted by Crippen LogP contribution is -2.51. The number of amides is 1. The van der Waals surface area contributed by atoms with E-state index in [2.05, 4.69) is 10.3 Å². The highest BCUT2D eigenvalue weighted by atomic mass is 32.2. The van der Waals surface area contributed by atoms with Crippen molar-refractivity contribution < 1.29 is 23.1 Å². The van der Waals surface area contributed by atoms with Gasteiger partial charge in [0, 0.05) is 13.1 Å². The number of aliphatic hydroxyl groups is 1. The Bertz CT molecular complexity index is 1510. The van der Waals surface area contributed by atoms with Crippen LogP contribution in [0, 0.1) is 5.92 Å². The fourth-order valence-electron chi connectivity index (χ4n) is 4.36. The summed E-state index contributed by atoms with van der Waals surface area (Å²) in [5.74, 6) is -0.0240. The van der Waals surface area contributed by atoms with Gasteiger partial charge in [0.2, 0.25) is 10.0 Å². The molecule has 4 rings (SSSR count). The molecule has 1 heterocycles. The summed E-state index contributed by atoms with van der Waals surface area (Å²) in [6, 6.07) is 22.7. The number of aliphatic hydroxyl groups excluding tert-OH is 1. The van der Waals surface area contributed by atoms with E-state index in [1.807, 2.05) is 74.5 Å². The Labute approximate surface area is 238 Å². The van der Waals surface area contributed by atoms with E-state index in [-0.39, 0.29) is 42.1 Å². The van der Waals surface area contributed by atoms with Gasteiger partial charge in [-0.1, -0.05) is 91.9 Å². The van der Waals surface area contributed by atoms with Gasteiger partial charge in [0.15, 0.2) is 5.13 Å². The molecule has 0 bridgehead atoms. The SMILES string of the molecule is CC(C)CN(C[C@@H](O)C(Cc1ccccc1)NC(=O)OCc1ccccc1)S(=O)(=O)c1cccc2nc(N)sc12. The van der Waals surface area contributed by atoms with Crippen molar-refractivity contribution in [1.82, 2.24) is 14.6 Å². The van der Waals surface area contributed by atoms with Gasteiger partial charge in [0.1, 0.15) is 11.5 Å². The number of nitrogens with one attached hydrogen (secondary N) is 1. The molecule has 40 heavy (non-hydrogen) atoms. The van der Waals surface area contributed by atoms with Crippen LogP contribution >= 0.6 is 11.3 Å². The van der Waals surface area contributed by atoms with Crippen LogP contribution in [0.3, 0.4) is 0 Å². The zero-order valence-corrected chi connectivity index (χ0v) is 24.1. The first kappa shape index (κ1) is 29.5. The maximum absolute atomic E-state index is 13.9. The van der Waals surface area contributed by atoms with Crippen LogP contribution in [0.15, 0.2) is 83.8 Å². The Balaban J connectivity index is 1.57. The molecule has 0 spiro atoms. The van der Waals surface area contributed by atoms with E-state index < -0.39 is 28.3 Å². The molecule has 0 aliphatic carbocycles. The number of carbonyl (C=O) groups is 1. The van der Waals surface area contributed by atoms with Crippen LogP contribution in [-0.4, -0.2) is 54.1 Å². The van der Waals surface area contributed by atoms with Gasteiger partial charge in [-0.25, -0.2) is 18.2 Å². The summed E-state index contributed by atoms with van der Waals surface area (Å²) in [5.41, 5.74) is 8.06. The summed E-state index contributed by atoms with van der Waals surface area (Å²) >= 11 is 1.11. The highest BCUT2D eigenvalue weighted by Gasteiger charge is 2.33. The molecule has 0 aliphatic rings. The van der Waals surface area contributed by atoms with Gasteiger partial charge in [0.25, 0.3) is 0 Å². The number of rotatable bonds is 12. The van der Waals surface area contributed by atoms with Gasteiger partial charge < -0.3 is 20.9 Å². The predicted molar refractivity (Wildman–Crippen MR) is 157 cm³/mol. The number of hydrogen-bond acceptors (Lipinski definition) is 8. The van der Waals surface area contributed by atoms with Gasteiger partial charge in [0.05, 0.1) is 22.4 Å². The molecule has 0 saturated heterocycles. The maximum Gasteiger partial charge on any atom is 0.407 e. The number of hydrogen-bond donors (Lipinski definition) is 3. The van der Waals surface area contributed by atoms with Crippen LogP contribution in [0.1, 0.15) is 25.0 Å². The molecule has 1 aromatic heterocycles. The lowest BCUT2D eigenvalue weighted by atomic mass is 10.0. The number of nitrogens with two attached hydrogens (primary N) is 1. The Hall–Kier alpha value is -3.51. The Morgan fingerprint density at radius 3 is 2.30 bits per heavy atom. The molecule has 9 nitrogen and oxygen atoms in total. The molecule has 0 saturated carbocycles. The number of aromatic nitrogens is 1. The standard InChI is InChI=1S/C29H34N4O5S2/c1-20(2)17-33(40(36,37)26-15-9-14-23-27(26)39-28(30)31-23)18-25(34)24(16-21-10-5-3-6-11-21)32-29(35)38-19-22-12-7-4-8-13-22/h3-15,20,24-25,34H,16-19H2,1-2H3,(H2,30,31)(H,32,35)/t24?,25-/m1/s1. The highest BCUT2D eigenvalue weighted by molar-refractivity contribution is 7.89. The summed E-state index contributed by atoms with van der Waals surface area (Å²) in [7, 11) is -4.04. The number of fused-ring (bicyclic) bond motifs is 1. The summed E-state index contributed by atoms with van der Waals surface area (Å²) in [6.45, 7) is 3.81. The molecule has 212 valence electrons. The molecule has 1 amide bonds. The number of ether oxygens (including phenoxy) is 1. The molecule has 2 atom stereocenters. The fourth-order valence-corrected chi connectivity index (χ4v) is 7.26. The van der Waals surface area contributed by atoms with E-state index in [0.717, 1.165) is 22.5 Å². The third-order valence-electron chi connectivity index (χ3n) is 6.25. The molecular formula is C29H34N4O5S2. The van der Waals surface area contributed by atoms with E-state index in [0.29, 0.717) is 10.2 Å². The average molecular weight is 583 g/mol. The third-order valence-corrected chi connectivity index (χ3v) is 9.19. The minimum absolute atomic E-state index is 0.0240.